The van der Waals surface area contributed by atoms with Gasteiger partial charge in [0.25, 0.3) is 0 Å². The Bertz CT molecular complexity index is 1000. The highest BCUT2D eigenvalue weighted by atomic mass is 16.5. The Labute approximate surface area is 183 Å². The summed E-state index contributed by atoms with van der Waals surface area (Å²) in [5, 5.41) is 4.63. The topological polar surface area (TPSA) is 69.4 Å². The van der Waals surface area contributed by atoms with Crippen molar-refractivity contribution in [1.29, 1.82) is 0 Å². The Balaban J connectivity index is 1.29. The Kier molecular flexibility index (Phi) is 5.15. The van der Waals surface area contributed by atoms with E-state index in [0.717, 1.165) is 68.8 Å². The maximum atomic E-state index is 13.4. The van der Waals surface area contributed by atoms with Crippen molar-refractivity contribution >= 4 is 5.91 Å². The van der Waals surface area contributed by atoms with Gasteiger partial charge in [-0.15, -0.1) is 0 Å². The third-order valence-corrected chi connectivity index (χ3v) is 7.62. The molecule has 1 saturated heterocycles. The number of benzene rings is 1. The van der Waals surface area contributed by atoms with E-state index in [0.29, 0.717) is 6.04 Å². The van der Waals surface area contributed by atoms with Gasteiger partial charge in [0, 0.05) is 32.1 Å². The fraction of sp³-hybridized carbons (Fsp3) is 0.625. The van der Waals surface area contributed by atoms with E-state index in [4.69, 9.17) is 4.74 Å². The second kappa shape index (κ2) is 7.84. The first kappa shape index (κ1) is 20.3. The molecule has 31 heavy (non-hydrogen) atoms. The molecular weight excluding hydrogens is 392 g/mol. The van der Waals surface area contributed by atoms with Crippen molar-refractivity contribution < 1.29 is 9.53 Å². The minimum atomic E-state index is -0.351. The van der Waals surface area contributed by atoms with E-state index in [2.05, 4.69) is 5.10 Å². The third-order valence-electron chi connectivity index (χ3n) is 7.62. The molecule has 0 unspecified atom stereocenters. The molecule has 0 N–H and O–H groups in total. The molecule has 3 aliphatic rings. The molecule has 0 bridgehead atoms. The van der Waals surface area contributed by atoms with Crippen LogP contribution in [0.5, 0.6) is 5.75 Å². The van der Waals surface area contributed by atoms with Crippen molar-refractivity contribution in [1.82, 2.24) is 19.2 Å². The molecule has 0 radical (unpaired) electrons. The molecule has 2 aromatic rings. The smallest absolute Gasteiger partial charge is 0.345 e. The first-order valence-corrected chi connectivity index (χ1v) is 11.6. The van der Waals surface area contributed by atoms with Crippen LogP contribution in [-0.4, -0.2) is 45.4 Å². The van der Waals surface area contributed by atoms with Crippen LogP contribution in [0.15, 0.2) is 29.1 Å². The van der Waals surface area contributed by atoms with Gasteiger partial charge < -0.3 is 9.64 Å². The van der Waals surface area contributed by atoms with Crippen LogP contribution in [0.1, 0.15) is 74.7 Å². The van der Waals surface area contributed by atoms with Crippen molar-refractivity contribution in [3.63, 3.8) is 0 Å². The van der Waals surface area contributed by atoms with E-state index >= 15 is 0 Å². The van der Waals surface area contributed by atoms with Gasteiger partial charge in [-0.3, -0.25) is 9.36 Å². The molecule has 1 aromatic heterocycles. The maximum absolute atomic E-state index is 13.4. The van der Waals surface area contributed by atoms with Crippen molar-refractivity contribution in [2.24, 2.45) is 7.05 Å². The van der Waals surface area contributed by atoms with Crippen molar-refractivity contribution in [2.75, 3.05) is 20.2 Å². The lowest BCUT2D eigenvalue weighted by atomic mass is 9.90. The number of amides is 1. The number of methoxy groups -OCH3 is 1. The summed E-state index contributed by atoms with van der Waals surface area (Å²) in [4.78, 5) is 28.2. The second-order valence-corrected chi connectivity index (χ2v) is 9.45. The number of ether oxygens (including phenoxy) is 1. The SMILES string of the molecule is COc1ccc(C2(C(=O)N3CCC(c4nn(C)c(=O)n4C4CCCC4)CC3)CC2)cc1. The Morgan fingerprint density at radius 1 is 1.06 bits per heavy atom. The van der Waals surface area contributed by atoms with Gasteiger partial charge in [0.15, 0.2) is 0 Å². The molecule has 5 rings (SSSR count). The fourth-order valence-electron chi connectivity index (χ4n) is 5.59. The number of piperidine rings is 1. The average Bonchev–Trinajstić information content (AvgIpc) is 3.34. The number of carbonyl (C=O) groups is 1. The predicted molar refractivity (Wildman–Crippen MR) is 117 cm³/mol. The molecule has 7 heteroatoms. The number of likely N-dealkylation sites (tertiary alicyclic amines) is 1. The summed E-state index contributed by atoms with van der Waals surface area (Å²) in [7, 11) is 3.41. The standard InChI is InChI=1S/C24H32N4O3/c1-26-23(30)28(19-5-3-4-6-19)21(25-26)17-11-15-27(16-12-17)22(29)24(13-14-24)18-7-9-20(31-2)10-8-18/h7-10,17,19H,3-6,11-16H2,1-2H3. The Morgan fingerprint density at radius 3 is 2.29 bits per heavy atom. The number of hydrogen-bond acceptors (Lipinski definition) is 4. The van der Waals surface area contributed by atoms with Gasteiger partial charge >= 0.3 is 5.69 Å². The average molecular weight is 425 g/mol. The third kappa shape index (κ3) is 3.48. The molecule has 166 valence electrons. The highest BCUT2D eigenvalue weighted by Crippen LogP contribution is 2.50. The normalized spacial score (nSPS) is 21.4. The zero-order valence-corrected chi connectivity index (χ0v) is 18.5. The Morgan fingerprint density at radius 2 is 1.71 bits per heavy atom. The number of aromatic nitrogens is 3. The lowest BCUT2D eigenvalue weighted by molar-refractivity contribution is -0.135. The van der Waals surface area contributed by atoms with Crippen LogP contribution in [0, 0.1) is 0 Å². The zero-order valence-electron chi connectivity index (χ0n) is 18.5. The van der Waals surface area contributed by atoms with Gasteiger partial charge in [-0.2, -0.15) is 5.10 Å². The number of carbonyl (C=O) groups excluding carboxylic acids is 1. The second-order valence-electron chi connectivity index (χ2n) is 9.45. The summed E-state index contributed by atoms with van der Waals surface area (Å²) in [5.74, 6) is 2.25. The molecule has 3 fully saturated rings. The molecule has 2 saturated carbocycles. The number of nitrogens with zero attached hydrogens (tertiary/aromatic N) is 4. The molecule has 0 atom stereocenters. The molecule has 7 nitrogen and oxygen atoms in total. The molecular formula is C24H32N4O3. The van der Waals surface area contributed by atoms with Gasteiger partial charge in [0.05, 0.1) is 12.5 Å². The van der Waals surface area contributed by atoms with Crippen LogP contribution in [0.2, 0.25) is 0 Å². The van der Waals surface area contributed by atoms with Crippen LogP contribution in [0.25, 0.3) is 0 Å². The first-order chi connectivity index (χ1) is 15.0. The maximum Gasteiger partial charge on any atom is 0.345 e. The van der Waals surface area contributed by atoms with Crippen LogP contribution in [0.4, 0.5) is 0 Å². The van der Waals surface area contributed by atoms with E-state index in [-0.39, 0.29) is 22.9 Å². The van der Waals surface area contributed by atoms with Crippen LogP contribution < -0.4 is 10.4 Å². The molecule has 1 aliphatic heterocycles. The van der Waals surface area contributed by atoms with Gasteiger partial charge in [0.1, 0.15) is 11.6 Å². The van der Waals surface area contributed by atoms with Crippen molar-refractivity contribution in [3.8, 4) is 5.75 Å². The molecule has 2 aliphatic carbocycles. The summed E-state index contributed by atoms with van der Waals surface area (Å²) in [6.45, 7) is 1.47. The number of rotatable bonds is 5. The quantitative estimate of drug-likeness (QED) is 0.739. The lowest BCUT2D eigenvalue weighted by Crippen LogP contribution is -2.44. The van der Waals surface area contributed by atoms with E-state index in [9.17, 15) is 9.59 Å². The highest BCUT2D eigenvalue weighted by Gasteiger charge is 2.53. The van der Waals surface area contributed by atoms with E-state index in [1.165, 1.54) is 17.5 Å². The molecule has 2 heterocycles. The van der Waals surface area contributed by atoms with Crippen LogP contribution in [0.3, 0.4) is 0 Å². The van der Waals surface area contributed by atoms with Crippen LogP contribution >= 0.6 is 0 Å². The first-order valence-electron chi connectivity index (χ1n) is 11.6. The lowest BCUT2D eigenvalue weighted by Gasteiger charge is -2.34. The van der Waals surface area contributed by atoms with Gasteiger partial charge in [-0.25, -0.2) is 9.48 Å². The van der Waals surface area contributed by atoms with Crippen LogP contribution in [-0.2, 0) is 17.3 Å². The Hall–Kier alpha value is -2.57. The fourth-order valence-corrected chi connectivity index (χ4v) is 5.59. The van der Waals surface area contributed by atoms with Crippen molar-refractivity contribution in [2.45, 2.75) is 68.7 Å². The minimum Gasteiger partial charge on any atom is -0.497 e. The monoisotopic (exact) mass is 424 g/mol. The zero-order chi connectivity index (χ0) is 21.6. The largest absolute Gasteiger partial charge is 0.497 e. The van der Waals surface area contributed by atoms with Gasteiger partial charge in [0.2, 0.25) is 5.91 Å². The molecule has 1 amide bonds. The van der Waals surface area contributed by atoms with E-state index in [1.807, 2.05) is 33.7 Å². The summed E-state index contributed by atoms with van der Waals surface area (Å²) in [5.41, 5.74) is 0.757. The minimum absolute atomic E-state index is 0.0110. The van der Waals surface area contributed by atoms with E-state index < -0.39 is 0 Å². The van der Waals surface area contributed by atoms with Crippen molar-refractivity contribution in [3.05, 3.63) is 46.1 Å². The number of aryl methyl sites for hydroxylation is 1. The highest BCUT2D eigenvalue weighted by molar-refractivity contribution is 5.91. The molecule has 0 spiro atoms. The van der Waals surface area contributed by atoms with E-state index in [1.54, 1.807) is 14.2 Å². The van der Waals surface area contributed by atoms with Gasteiger partial charge in [-0.05, 0) is 56.2 Å². The van der Waals surface area contributed by atoms with Gasteiger partial charge in [-0.1, -0.05) is 25.0 Å². The predicted octanol–water partition coefficient (Wildman–Crippen LogP) is 3.14. The molecule has 1 aromatic carbocycles. The summed E-state index contributed by atoms with van der Waals surface area (Å²) < 4.78 is 8.72. The summed E-state index contributed by atoms with van der Waals surface area (Å²) >= 11 is 0. The summed E-state index contributed by atoms with van der Waals surface area (Å²) in [6.07, 6.45) is 8.08. The number of hydrogen-bond donors (Lipinski definition) is 0. The summed E-state index contributed by atoms with van der Waals surface area (Å²) in [6, 6.07) is 8.24.